The number of hydrogen-bond acceptors (Lipinski definition) is 3. The first-order chi connectivity index (χ1) is 5.84. The Hall–Kier alpha value is -0.0900. The second-order valence-electron chi connectivity index (χ2n) is 2.95. The van der Waals surface area contributed by atoms with Gasteiger partial charge in [-0.2, -0.15) is 0 Å². The minimum absolute atomic E-state index is 0.419. The Morgan fingerprint density at radius 1 is 1.50 bits per heavy atom. The van der Waals surface area contributed by atoms with Gasteiger partial charge in [0.2, 0.25) is 0 Å². The van der Waals surface area contributed by atoms with E-state index < -0.39 is 0 Å². The lowest BCUT2D eigenvalue weighted by Gasteiger charge is -2.08. The fourth-order valence-corrected chi connectivity index (χ4v) is 2.52. The highest BCUT2D eigenvalue weighted by atomic mass is 79.9. The monoisotopic (exact) mass is 247 g/mol. The summed E-state index contributed by atoms with van der Waals surface area (Å²) in [4.78, 5) is 4.13. The van der Waals surface area contributed by atoms with Gasteiger partial charge in [-0.05, 0) is 41.6 Å². The Morgan fingerprint density at radius 3 is 2.83 bits per heavy atom. The quantitative estimate of drug-likeness (QED) is 0.801. The van der Waals surface area contributed by atoms with Crippen LogP contribution >= 0.6 is 27.3 Å². The molecule has 0 saturated heterocycles. The maximum atomic E-state index is 5.67. The largest absolute Gasteiger partial charge is 0.467 e. The Balaban J connectivity index is 1.94. The van der Waals surface area contributed by atoms with Crippen molar-refractivity contribution < 1.29 is 4.74 Å². The summed E-state index contributed by atoms with van der Waals surface area (Å²) in [6.45, 7) is 0. The summed E-state index contributed by atoms with van der Waals surface area (Å²) in [5, 5.41) is 0.800. The van der Waals surface area contributed by atoms with Crippen molar-refractivity contribution in [3.63, 3.8) is 0 Å². The molecule has 4 heteroatoms. The van der Waals surface area contributed by atoms with Crippen molar-refractivity contribution in [1.29, 1.82) is 0 Å². The van der Waals surface area contributed by atoms with Crippen molar-refractivity contribution in [3.05, 3.63) is 9.98 Å². The molecular formula is C8H10BrNOS. The van der Waals surface area contributed by atoms with E-state index in [4.69, 9.17) is 4.74 Å². The average Bonchev–Trinajstić information content (AvgIpc) is 2.63. The zero-order valence-corrected chi connectivity index (χ0v) is 9.03. The minimum Gasteiger partial charge on any atom is -0.467 e. The van der Waals surface area contributed by atoms with Crippen LogP contribution in [0.2, 0.25) is 0 Å². The summed E-state index contributed by atoms with van der Waals surface area (Å²) in [7, 11) is 0. The van der Waals surface area contributed by atoms with E-state index in [0.29, 0.717) is 6.10 Å². The summed E-state index contributed by atoms with van der Waals surface area (Å²) in [6, 6.07) is 0. The number of nitrogens with zero attached hydrogens (tertiary/aromatic N) is 1. The lowest BCUT2D eigenvalue weighted by Crippen LogP contribution is -2.10. The van der Waals surface area contributed by atoms with Crippen molar-refractivity contribution in [2.75, 3.05) is 0 Å². The summed E-state index contributed by atoms with van der Waals surface area (Å²) < 4.78 is 6.71. The van der Waals surface area contributed by atoms with Crippen LogP contribution in [0, 0.1) is 0 Å². The molecule has 1 aliphatic rings. The summed E-state index contributed by atoms with van der Waals surface area (Å²) in [6.07, 6.45) is 7.20. The highest BCUT2D eigenvalue weighted by Crippen LogP contribution is 2.29. The van der Waals surface area contributed by atoms with E-state index >= 15 is 0 Å². The molecule has 0 aliphatic heterocycles. The fraction of sp³-hybridized carbons (Fsp3) is 0.625. The normalized spacial score (nSPS) is 18.4. The molecule has 0 spiro atoms. The number of aromatic nitrogens is 1. The van der Waals surface area contributed by atoms with Crippen molar-refractivity contribution in [2.45, 2.75) is 31.8 Å². The third-order valence-corrected chi connectivity index (χ3v) is 3.39. The predicted octanol–water partition coefficient (Wildman–Crippen LogP) is 3.23. The van der Waals surface area contributed by atoms with Crippen LogP contribution < -0.4 is 4.74 Å². The van der Waals surface area contributed by atoms with Crippen molar-refractivity contribution >= 4 is 27.3 Å². The zero-order valence-electron chi connectivity index (χ0n) is 6.62. The molecule has 12 heavy (non-hydrogen) atoms. The lowest BCUT2D eigenvalue weighted by molar-refractivity contribution is 0.209. The molecule has 0 unspecified atom stereocenters. The molecule has 0 bridgehead atoms. The molecule has 1 aromatic heterocycles. The fourth-order valence-electron chi connectivity index (χ4n) is 1.44. The Morgan fingerprint density at radius 2 is 2.25 bits per heavy atom. The van der Waals surface area contributed by atoms with Crippen LogP contribution in [-0.2, 0) is 0 Å². The molecule has 0 aromatic carbocycles. The van der Waals surface area contributed by atoms with Crippen molar-refractivity contribution in [2.24, 2.45) is 0 Å². The zero-order chi connectivity index (χ0) is 8.39. The van der Waals surface area contributed by atoms with Crippen LogP contribution in [-0.4, -0.2) is 11.1 Å². The third-order valence-electron chi connectivity index (χ3n) is 2.03. The Labute approximate surface area is 84.1 Å². The SMILES string of the molecule is Brc1cnc(OC2CCCC2)s1. The maximum absolute atomic E-state index is 5.67. The summed E-state index contributed by atoms with van der Waals surface area (Å²) in [5.74, 6) is 0. The summed E-state index contributed by atoms with van der Waals surface area (Å²) in [5.41, 5.74) is 0. The Bertz CT molecular complexity index is 257. The van der Waals surface area contributed by atoms with E-state index in [2.05, 4.69) is 20.9 Å². The van der Waals surface area contributed by atoms with Crippen LogP contribution in [0.15, 0.2) is 9.98 Å². The molecule has 0 radical (unpaired) electrons. The first-order valence-corrected chi connectivity index (χ1v) is 5.73. The van der Waals surface area contributed by atoms with Gasteiger partial charge in [-0.25, -0.2) is 4.98 Å². The van der Waals surface area contributed by atoms with Crippen molar-refractivity contribution in [3.8, 4) is 5.19 Å². The molecule has 0 N–H and O–H groups in total. The molecule has 1 saturated carbocycles. The second kappa shape index (κ2) is 3.75. The van der Waals surface area contributed by atoms with Crippen LogP contribution in [0.1, 0.15) is 25.7 Å². The standard InChI is InChI=1S/C8H10BrNOS/c9-7-5-10-8(12-7)11-6-3-1-2-4-6/h5-6H,1-4H2. The molecule has 0 atom stereocenters. The third kappa shape index (κ3) is 1.98. The lowest BCUT2D eigenvalue weighted by atomic mass is 10.3. The number of halogens is 1. The van der Waals surface area contributed by atoms with Crippen LogP contribution in [0.3, 0.4) is 0 Å². The molecule has 1 fully saturated rings. The smallest absolute Gasteiger partial charge is 0.274 e. The van der Waals surface area contributed by atoms with Gasteiger partial charge in [0.15, 0.2) is 0 Å². The van der Waals surface area contributed by atoms with E-state index in [0.717, 1.165) is 8.98 Å². The van der Waals surface area contributed by atoms with Crippen molar-refractivity contribution in [1.82, 2.24) is 4.98 Å². The number of ether oxygens (including phenoxy) is 1. The number of rotatable bonds is 2. The van der Waals surface area contributed by atoms with E-state index in [1.54, 1.807) is 17.5 Å². The number of thiazole rings is 1. The maximum Gasteiger partial charge on any atom is 0.274 e. The van der Waals surface area contributed by atoms with Crippen LogP contribution in [0.5, 0.6) is 5.19 Å². The Kier molecular flexibility index (Phi) is 2.66. The first kappa shape index (κ1) is 8.51. The molecule has 66 valence electrons. The molecule has 1 aromatic rings. The van der Waals surface area contributed by atoms with Gasteiger partial charge >= 0.3 is 0 Å². The van der Waals surface area contributed by atoms with Gasteiger partial charge in [-0.15, -0.1) is 0 Å². The van der Waals surface area contributed by atoms with Gasteiger partial charge < -0.3 is 4.74 Å². The highest BCUT2D eigenvalue weighted by Gasteiger charge is 2.17. The minimum atomic E-state index is 0.419. The summed E-state index contributed by atoms with van der Waals surface area (Å²) >= 11 is 4.92. The van der Waals surface area contributed by atoms with Gasteiger partial charge in [0.25, 0.3) is 5.19 Å². The average molecular weight is 248 g/mol. The molecule has 0 amide bonds. The van der Waals surface area contributed by atoms with E-state index in [-0.39, 0.29) is 0 Å². The van der Waals surface area contributed by atoms with Crippen LogP contribution in [0.4, 0.5) is 0 Å². The predicted molar refractivity (Wildman–Crippen MR) is 52.7 cm³/mol. The topological polar surface area (TPSA) is 22.1 Å². The molecule has 1 aliphatic carbocycles. The van der Waals surface area contributed by atoms with Gasteiger partial charge in [-0.1, -0.05) is 11.3 Å². The molecular weight excluding hydrogens is 238 g/mol. The van der Waals surface area contributed by atoms with Gasteiger partial charge in [0.1, 0.15) is 6.10 Å². The molecule has 2 rings (SSSR count). The van der Waals surface area contributed by atoms with E-state index in [1.165, 1.54) is 25.7 Å². The van der Waals surface area contributed by atoms with Gasteiger partial charge in [0.05, 0.1) is 9.98 Å². The van der Waals surface area contributed by atoms with Gasteiger partial charge in [0, 0.05) is 0 Å². The van der Waals surface area contributed by atoms with E-state index in [9.17, 15) is 0 Å². The second-order valence-corrected chi connectivity index (χ2v) is 5.33. The highest BCUT2D eigenvalue weighted by molar-refractivity contribution is 9.11. The van der Waals surface area contributed by atoms with E-state index in [1.807, 2.05) is 0 Å². The molecule has 2 nitrogen and oxygen atoms in total. The number of hydrogen-bond donors (Lipinski definition) is 0. The molecule has 1 heterocycles. The first-order valence-electron chi connectivity index (χ1n) is 4.12. The van der Waals surface area contributed by atoms with Crippen LogP contribution in [0.25, 0.3) is 0 Å². The van der Waals surface area contributed by atoms with Gasteiger partial charge in [-0.3, -0.25) is 0 Å².